The maximum Gasteiger partial charge on any atom is 0.157 e. The molecule has 0 radical (unpaired) electrons. The van der Waals surface area contributed by atoms with Crippen LogP contribution in [0.4, 0.5) is 0 Å². The summed E-state index contributed by atoms with van der Waals surface area (Å²) in [6.45, 7) is 10.6. The molecule has 104 valence electrons. The predicted octanol–water partition coefficient (Wildman–Crippen LogP) is 3.01. The minimum Gasteiger partial charge on any atom is -0.490 e. The summed E-state index contributed by atoms with van der Waals surface area (Å²) in [7, 11) is 0. The summed E-state index contributed by atoms with van der Waals surface area (Å²) in [6, 6.07) is 0.910. The number of nitrogens with zero attached hydrogens (tertiary/aromatic N) is 2. The van der Waals surface area contributed by atoms with Crippen molar-refractivity contribution in [3.8, 4) is 5.75 Å². The Balaban J connectivity index is 2.40. The molecule has 1 N–H and O–H groups in total. The van der Waals surface area contributed by atoms with E-state index in [4.69, 9.17) is 4.74 Å². The summed E-state index contributed by atoms with van der Waals surface area (Å²) in [5.41, 5.74) is 0. The van der Waals surface area contributed by atoms with E-state index in [1.165, 1.54) is 6.42 Å². The van der Waals surface area contributed by atoms with E-state index in [-0.39, 0.29) is 0 Å². The van der Waals surface area contributed by atoms with Gasteiger partial charge in [-0.1, -0.05) is 13.8 Å². The van der Waals surface area contributed by atoms with Crippen LogP contribution in [0.15, 0.2) is 12.4 Å². The van der Waals surface area contributed by atoms with Crippen molar-refractivity contribution in [3.05, 3.63) is 12.4 Å². The Hall–Kier alpha value is -1.03. The molecule has 1 rings (SSSR count). The largest absolute Gasteiger partial charge is 0.490 e. The van der Waals surface area contributed by atoms with E-state index in [2.05, 4.69) is 38.1 Å². The van der Waals surface area contributed by atoms with Gasteiger partial charge >= 0.3 is 0 Å². The zero-order valence-electron chi connectivity index (χ0n) is 12.1. The van der Waals surface area contributed by atoms with Crippen molar-refractivity contribution in [2.24, 2.45) is 0 Å². The van der Waals surface area contributed by atoms with E-state index in [1.807, 2.05) is 10.9 Å². The molecular formula is C14H27N3O. The fraction of sp³-hybridized carbons (Fsp3) is 0.786. The molecule has 0 aliphatic rings. The lowest BCUT2D eigenvalue weighted by Crippen LogP contribution is -2.29. The van der Waals surface area contributed by atoms with Gasteiger partial charge in [0.1, 0.15) is 0 Å². The molecule has 1 heterocycles. The van der Waals surface area contributed by atoms with Crippen molar-refractivity contribution >= 4 is 0 Å². The smallest absolute Gasteiger partial charge is 0.157 e. The van der Waals surface area contributed by atoms with Crippen molar-refractivity contribution in [3.63, 3.8) is 0 Å². The lowest BCUT2D eigenvalue weighted by Gasteiger charge is -2.18. The molecule has 0 aliphatic carbocycles. The number of nitrogens with one attached hydrogen (secondary N) is 1. The summed E-state index contributed by atoms with van der Waals surface area (Å²) >= 11 is 0. The lowest BCUT2D eigenvalue weighted by atomic mass is 10.1. The van der Waals surface area contributed by atoms with Gasteiger partial charge in [0.05, 0.1) is 25.0 Å². The Morgan fingerprint density at radius 3 is 2.78 bits per heavy atom. The molecule has 0 bridgehead atoms. The highest BCUT2D eigenvalue weighted by Crippen LogP contribution is 2.17. The first-order valence-corrected chi connectivity index (χ1v) is 7.07. The average Bonchev–Trinajstić information content (AvgIpc) is 2.82. The van der Waals surface area contributed by atoms with Crippen LogP contribution < -0.4 is 10.1 Å². The van der Waals surface area contributed by atoms with Gasteiger partial charge in [-0.25, -0.2) is 0 Å². The van der Waals surface area contributed by atoms with Gasteiger partial charge in [-0.05, 0) is 39.7 Å². The molecule has 2 unspecified atom stereocenters. The van der Waals surface area contributed by atoms with E-state index in [1.54, 1.807) is 6.20 Å². The minimum absolute atomic E-state index is 0.392. The third-order valence-corrected chi connectivity index (χ3v) is 2.94. The second-order valence-corrected chi connectivity index (χ2v) is 4.94. The van der Waals surface area contributed by atoms with Crippen molar-refractivity contribution < 1.29 is 4.74 Å². The van der Waals surface area contributed by atoms with Crippen LogP contribution in [0.1, 0.15) is 53.0 Å². The normalized spacial score (nSPS) is 14.4. The van der Waals surface area contributed by atoms with Gasteiger partial charge in [0.2, 0.25) is 0 Å². The Bertz CT molecular complexity index is 325. The average molecular weight is 253 g/mol. The van der Waals surface area contributed by atoms with E-state index in [0.717, 1.165) is 31.7 Å². The summed E-state index contributed by atoms with van der Waals surface area (Å²) in [4.78, 5) is 0. The summed E-state index contributed by atoms with van der Waals surface area (Å²) < 4.78 is 7.55. The number of ether oxygens (including phenoxy) is 1. The van der Waals surface area contributed by atoms with Crippen molar-refractivity contribution in [2.75, 3.05) is 13.2 Å². The molecule has 18 heavy (non-hydrogen) atoms. The highest BCUT2D eigenvalue weighted by molar-refractivity contribution is 5.12. The summed E-state index contributed by atoms with van der Waals surface area (Å²) in [5.74, 6) is 0.873. The third-order valence-electron chi connectivity index (χ3n) is 2.94. The second kappa shape index (κ2) is 8.14. The van der Waals surface area contributed by atoms with Crippen LogP contribution in [0, 0.1) is 0 Å². The van der Waals surface area contributed by atoms with Gasteiger partial charge < -0.3 is 10.1 Å². The first kappa shape index (κ1) is 15.0. The molecule has 0 aromatic carbocycles. The quantitative estimate of drug-likeness (QED) is 0.735. The fourth-order valence-electron chi connectivity index (χ4n) is 1.95. The van der Waals surface area contributed by atoms with E-state index in [0.29, 0.717) is 12.1 Å². The Labute approximate surface area is 111 Å². The van der Waals surface area contributed by atoms with E-state index in [9.17, 15) is 0 Å². The first-order chi connectivity index (χ1) is 8.67. The Morgan fingerprint density at radius 2 is 2.11 bits per heavy atom. The number of hydrogen-bond donors (Lipinski definition) is 1. The molecule has 0 saturated heterocycles. The van der Waals surface area contributed by atoms with Gasteiger partial charge in [0, 0.05) is 6.04 Å². The third kappa shape index (κ3) is 5.08. The summed E-state index contributed by atoms with van der Waals surface area (Å²) in [5, 5.41) is 7.87. The molecule has 4 heteroatoms. The van der Waals surface area contributed by atoms with Gasteiger partial charge in [0.25, 0.3) is 0 Å². The molecule has 4 nitrogen and oxygen atoms in total. The Kier molecular flexibility index (Phi) is 6.80. The van der Waals surface area contributed by atoms with Crippen LogP contribution in [0.25, 0.3) is 0 Å². The van der Waals surface area contributed by atoms with Crippen molar-refractivity contribution in [1.82, 2.24) is 15.1 Å². The molecular weight excluding hydrogens is 226 g/mol. The van der Waals surface area contributed by atoms with Crippen molar-refractivity contribution in [2.45, 2.75) is 59.0 Å². The predicted molar refractivity (Wildman–Crippen MR) is 75.1 cm³/mol. The molecule has 0 aliphatic heterocycles. The van der Waals surface area contributed by atoms with Crippen LogP contribution in [0.2, 0.25) is 0 Å². The maximum atomic E-state index is 5.56. The standard InChI is InChI=1S/C14H27N3O/c1-5-7-15-12(3)9-13(4)17-11-14(10-16-17)18-8-6-2/h10-13,15H,5-9H2,1-4H3. The van der Waals surface area contributed by atoms with E-state index >= 15 is 0 Å². The first-order valence-electron chi connectivity index (χ1n) is 7.07. The molecule has 0 amide bonds. The summed E-state index contributed by atoms with van der Waals surface area (Å²) in [6.07, 6.45) is 7.08. The molecule has 0 fully saturated rings. The molecule has 0 spiro atoms. The van der Waals surface area contributed by atoms with Gasteiger partial charge in [0.15, 0.2) is 5.75 Å². The Morgan fingerprint density at radius 1 is 1.33 bits per heavy atom. The topological polar surface area (TPSA) is 39.1 Å². The van der Waals surface area contributed by atoms with Crippen LogP contribution >= 0.6 is 0 Å². The fourth-order valence-corrected chi connectivity index (χ4v) is 1.95. The molecule has 2 atom stereocenters. The van der Waals surface area contributed by atoms with Crippen LogP contribution in [0.5, 0.6) is 5.75 Å². The lowest BCUT2D eigenvalue weighted by molar-refractivity contribution is 0.315. The number of hydrogen-bond acceptors (Lipinski definition) is 3. The van der Waals surface area contributed by atoms with Gasteiger partial charge in [-0.15, -0.1) is 0 Å². The highest BCUT2D eigenvalue weighted by Gasteiger charge is 2.11. The zero-order chi connectivity index (χ0) is 13.4. The SMILES string of the molecule is CCCNC(C)CC(C)n1cc(OCCC)cn1. The molecule has 1 aromatic heterocycles. The van der Waals surface area contributed by atoms with Crippen molar-refractivity contribution in [1.29, 1.82) is 0 Å². The minimum atomic E-state index is 0.392. The highest BCUT2D eigenvalue weighted by atomic mass is 16.5. The van der Waals surface area contributed by atoms with Crippen LogP contribution in [0.3, 0.4) is 0 Å². The van der Waals surface area contributed by atoms with E-state index < -0.39 is 0 Å². The zero-order valence-corrected chi connectivity index (χ0v) is 12.1. The van der Waals surface area contributed by atoms with Gasteiger partial charge in [-0.2, -0.15) is 5.10 Å². The maximum absolute atomic E-state index is 5.56. The number of aromatic nitrogens is 2. The van der Waals surface area contributed by atoms with Crippen LogP contribution in [-0.2, 0) is 0 Å². The molecule has 1 aromatic rings. The monoisotopic (exact) mass is 253 g/mol. The van der Waals surface area contributed by atoms with Crippen LogP contribution in [-0.4, -0.2) is 29.0 Å². The van der Waals surface area contributed by atoms with Gasteiger partial charge in [-0.3, -0.25) is 4.68 Å². The second-order valence-electron chi connectivity index (χ2n) is 4.94. The molecule has 0 saturated carbocycles. The number of rotatable bonds is 9.